The summed E-state index contributed by atoms with van der Waals surface area (Å²) in [6.07, 6.45) is 2.20. The Morgan fingerprint density at radius 1 is 1.14 bits per heavy atom. The minimum absolute atomic E-state index is 0.0975. The highest BCUT2D eigenvalue weighted by Crippen LogP contribution is 2.35. The van der Waals surface area contributed by atoms with Crippen LogP contribution in [0.2, 0.25) is 0 Å². The van der Waals surface area contributed by atoms with Crippen LogP contribution in [0.4, 0.5) is 5.69 Å². The lowest BCUT2D eigenvalue weighted by Crippen LogP contribution is -2.38. The van der Waals surface area contributed by atoms with E-state index in [2.05, 4.69) is 26.9 Å². The highest BCUT2D eigenvalue weighted by molar-refractivity contribution is 6.01. The average molecular weight is 389 g/mol. The number of nitrogens with two attached hydrogens (primary N) is 1. The number of H-pyrrole nitrogens is 2. The largest absolute Gasteiger partial charge is 0.488 e. The summed E-state index contributed by atoms with van der Waals surface area (Å²) in [6.45, 7) is 1.96. The van der Waals surface area contributed by atoms with Crippen molar-refractivity contribution in [1.29, 1.82) is 0 Å². The summed E-state index contributed by atoms with van der Waals surface area (Å²) in [5.41, 5.74) is 9.28. The molecule has 1 fully saturated rings. The zero-order chi connectivity index (χ0) is 20.0. The third-order valence-corrected chi connectivity index (χ3v) is 5.54. The number of nitrogens with zero attached hydrogens (tertiary/aromatic N) is 2. The summed E-state index contributed by atoms with van der Waals surface area (Å²) >= 11 is 0. The Hall–Kier alpha value is -3.32. The zero-order valence-corrected chi connectivity index (χ0v) is 16.2. The average Bonchev–Trinajstić information content (AvgIpc) is 3.11. The SMILES string of the molecule is CN1CCCC(Oc2cccc3[nH]c(=O)c(-c4nc5ccccc5[nH]4)c(N)c23)C1. The second kappa shape index (κ2) is 6.93. The minimum atomic E-state index is -0.274. The molecule has 148 valence electrons. The van der Waals surface area contributed by atoms with Crippen molar-refractivity contribution in [3.63, 3.8) is 0 Å². The number of imidazole rings is 1. The summed E-state index contributed by atoms with van der Waals surface area (Å²) in [6, 6.07) is 13.3. The van der Waals surface area contributed by atoms with E-state index in [1.165, 1.54) is 0 Å². The number of piperidine rings is 1. The highest BCUT2D eigenvalue weighted by atomic mass is 16.5. The first-order chi connectivity index (χ1) is 14.1. The molecule has 0 saturated carbocycles. The molecule has 29 heavy (non-hydrogen) atoms. The van der Waals surface area contributed by atoms with Gasteiger partial charge >= 0.3 is 0 Å². The molecule has 1 saturated heterocycles. The van der Waals surface area contributed by atoms with Crippen molar-refractivity contribution in [2.75, 3.05) is 25.9 Å². The van der Waals surface area contributed by atoms with Gasteiger partial charge in [0.05, 0.1) is 27.6 Å². The Bertz CT molecular complexity index is 1230. The normalized spacial score (nSPS) is 17.8. The quantitative estimate of drug-likeness (QED) is 0.500. The molecular weight excluding hydrogens is 366 g/mol. The van der Waals surface area contributed by atoms with Gasteiger partial charge in [0.1, 0.15) is 23.2 Å². The second-order valence-corrected chi connectivity index (χ2v) is 7.67. The Labute approximate surface area is 167 Å². The summed E-state index contributed by atoms with van der Waals surface area (Å²) in [7, 11) is 2.10. The monoisotopic (exact) mass is 389 g/mol. The van der Waals surface area contributed by atoms with Gasteiger partial charge in [0.15, 0.2) is 0 Å². The second-order valence-electron chi connectivity index (χ2n) is 7.67. The number of para-hydroxylation sites is 2. The fraction of sp³-hybridized carbons (Fsp3) is 0.273. The lowest BCUT2D eigenvalue weighted by molar-refractivity contribution is 0.106. The topological polar surface area (TPSA) is 100 Å². The predicted octanol–water partition coefficient (Wildman–Crippen LogP) is 3.13. The van der Waals surface area contributed by atoms with Gasteiger partial charge in [-0.2, -0.15) is 0 Å². The third kappa shape index (κ3) is 3.13. The Kier molecular flexibility index (Phi) is 4.24. The number of aromatic nitrogens is 3. The van der Waals surface area contributed by atoms with E-state index < -0.39 is 0 Å². The molecule has 0 amide bonds. The number of rotatable bonds is 3. The van der Waals surface area contributed by atoms with Crippen molar-refractivity contribution in [2.24, 2.45) is 0 Å². The zero-order valence-electron chi connectivity index (χ0n) is 16.2. The summed E-state index contributed by atoms with van der Waals surface area (Å²) in [5.74, 6) is 1.15. The molecule has 7 heteroatoms. The molecule has 4 N–H and O–H groups in total. The van der Waals surface area contributed by atoms with E-state index in [9.17, 15) is 4.79 Å². The van der Waals surface area contributed by atoms with Crippen molar-refractivity contribution in [3.05, 3.63) is 52.8 Å². The maximum Gasteiger partial charge on any atom is 0.261 e. The third-order valence-electron chi connectivity index (χ3n) is 5.54. The summed E-state index contributed by atoms with van der Waals surface area (Å²) in [4.78, 5) is 25.8. The number of likely N-dealkylation sites (tertiary alicyclic amines) is 1. The van der Waals surface area contributed by atoms with E-state index in [4.69, 9.17) is 10.5 Å². The Balaban J connectivity index is 1.65. The van der Waals surface area contributed by atoms with E-state index in [1.54, 1.807) is 0 Å². The molecule has 0 spiro atoms. The van der Waals surface area contributed by atoms with Gasteiger partial charge in [-0.1, -0.05) is 18.2 Å². The van der Waals surface area contributed by atoms with Gasteiger partial charge in [0.2, 0.25) is 0 Å². The number of anilines is 1. The van der Waals surface area contributed by atoms with Gasteiger partial charge in [-0.3, -0.25) is 4.79 Å². The predicted molar refractivity (Wildman–Crippen MR) is 115 cm³/mol. The van der Waals surface area contributed by atoms with Gasteiger partial charge < -0.3 is 25.3 Å². The van der Waals surface area contributed by atoms with Gasteiger partial charge in [-0.05, 0) is 50.7 Å². The van der Waals surface area contributed by atoms with Crippen LogP contribution < -0.4 is 16.0 Å². The molecule has 7 nitrogen and oxygen atoms in total. The van der Waals surface area contributed by atoms with Crippen LogP contribution in [0.5, 0.6) is 5.75 Å². The van der Waals surface area contributed by atoms with Crippen LogP contribution in [-0.4, -0.2) is 46.1 Å². The van der Waals surface area contributed by atoms with Gasteiger partial charge in [-0.15, -0.1) is 0 Å². The fourth-order valence-corrected chi connectivity index (χ4v) is 4.14. The number of aromatic amines is 2. The van der Waals surface area contributed by atoms with Crippen molar-refractivity contribution in [1.82, 2.24) is 19.9 Å². The number of nitrogen functional groups attached to an aromatic ring is 1. The van der Waals surface area contributed by atoms with Crippen LogP contribution in [0.1, 0.15) is 12.8 Å². The smallest absolute Gasteiger partial charge is 0.261 e. The van der Waals surface area contributed by atoms with Crippen molar-refractivity contribution >= 4 is 27.6 Å². The number of pyridine rings is 1. The van der Waals surface area contributed by atoms with Crippen LogP contribution in [0.15, 0.2) is 47.3 Å². The molecule has 1 atom stereocenters. The first-order valence-corrected chi connectivity index (χ1v) is 9.85. The minimum Gasteiger partial charge on any atom is -0.488 e. The van der Waals surface area contributed by atoms with E-state index in [0.717, 1.165) is 42.4 Å². The van der Waals surface area contributed by atoms with Crippen molar-refractivity contribution < 1.29 is 4.74 Å². The molecule has 1 aliphatic heterocycles. The number of likely N-dealkylation sites (N-methyl/N-ethyl adjacent to an activating group) is 1. The molecule has 2 aromatic carbocycles. The van der Waals surface area contributed by atoms with Crippen molar-refractivity contribution in [3.8, 4) is 17.1 Å². The van der Waals surface area contributed by atoms with Gasteiger partial charge in [0, 0.05) is 6.54 Å². The number of hydrogen-bond acceptors (Lipinski definition) is 5. The summed E-state index contributed by atoms with van der Waals surface area (Å²) in [5, 5.41) is 0.718. The number of nitrogens with one attached hydrogen (secondary N) is 2. The van der Waals surface area contributed by atoms with Gasteiger partial charge in [-0.25, -0.2) is 4.98 Å². The van der Waals surface area contributed by atoms with E-state index >= 15 is 0 Å². The number of benzene rings is 2. The molecule has 3 heterocycles. The van der Waals surface area contributed by atoms with E-state index in [0.29, 0.717) is 28.3 Å². The van der Waals surface area contributed by atoms with Gasteiger partial charge in [0.25, 0.3) is 5.56 Å². The standard InChI is InChI=1S/C22H23N5O2/c1-27-11-5-6-13(12-27)29-17-10-4-9-16-18(17)20(23)19(22(28)26-16)21-24-14-7-2-3-8-15(14)25-21/h2-4,7-10,13H,5-6,11-12H2,1H3,(H,24,25)(H3,23,26,28). The lowest BCUT2D eigenvalue weighted by Gasteiger charge is -2.30. The number of ether oxygens (including phenoxy) is 1. The molecule has 1 unspecified atom stereocenters. The molecule has 0 aliphatic carbocycles. The van der Waals surface area contributed by atoms with E-state index in [-0.39, 0.29) is 11.7 Å². The first-order valence-electron chi connectivity index (χ1n) is 9.85. The Morgan fingerprint density at radius 3 is 2.79 bits per heavy atom. The van der Waals surface area contributed by atoms with Crippen molar-refractivity contribution in [2.45, 2.75) is 18.9 Å². The Morgan fingerprint density at radius 2 is 1.97 bits per heavy atom. The lowest BCUT2D eigenvalue weighted by atomic mass is 10.1. The van der Waals surface area contributed by atoms with Crippen LogP contribution in [0, 0.1) is 0 Å². The van der Waals surface area contributed by atoms with Crippen LogP contribution in [0.25, 0.3) is 33.3 Å². The number of hydrogen-bond donors (Lipinski definition) is 3. The maximum atomic E-state index is 12.8. The van der Waals surface area contributed by atoms with E-state index in [1.807, 2.05) is 42.5 Å². The molecular formula is C22H23N5O2. The van der Waals surface area contributed by atoms with Crippen LogP contribution in [0.3, 0.4) is 0 Å². The van der Waals surface area contributed by atoms with Crippen LogP contribution >= 0.6 is 0 Å². The maximum absolute atomic E-state index is 12.8. The number of fused-ring (bicyclic) bond motifs is 2. The molecule has 2 aromatic heterocycles. The summed E-state index contributed by atoms with van der Waals surface area (Å²) < 4.78 is 6.34. The molecule has 0 radical (unpaired) electrons. The highest BCUT2D eigenvalue weighted by Gasteiger charge is 2.22. The molecule has 5 rings (SSSR count). The molecule has 4 aromatic rings. The first kappa shape index (κ1) is 17.8. The molecule has 1 aliphatic rings. The fourth-order valence-electron chi connectivity index (χ4n) is 4.14. The van der Waals surface area contributed by atoms with Crippen LogP contribution in [-0.2, 0) is 0 Å². The molecule has 0 bridgehead atoms.